The van der Waals surface area contributed by atoms with Gasteiger partial charge in [0, 0.05) is 16.1 Å². The molecule has 1 fully saturated rings. The van der Waals surface area contributed by atoms with Crippen molar-refractivity contribution in [1.82, 2.24) is 0 Å². The van der Waals surface area contributed by atoms with E-state index in [4.69, 9.17) is 15.4 Å². The molecule has 1 aliphatic carbocycles. The van der Waals surface area contributed by atoms with E-state index in [9.17, 15) is 8.42 Å². The van der Waals surface area contributed by atoms with E-state index in [-0.39, 0.29) is 11.2 Å². The standard InChI is InChI=1S/C13H17ClO3S/c14-18(15,16)11-13(8-4-5-9-13)10-17-12-6-2-1-3-7-12/h1-3,6-7H,4-5,8-11H2. The van der Waals surface area contributed by atoms with Crippen molar-refractivity contribution < 1.29 is 13.2 Å². The number of hydrogen-bond donors (Lipinski definition) is 0. The lowest BCUT2D eigenvalue weighted by molar-refractivity contribution is 0.171. The number of para-hydroxylation sites is 1. The Balaban J connectivity index is 2.03. The smallest absolute Gasteiger partial charge is 0.233 e. The topological polar surface area (TPSA) is 43.4 Å². The maximum Gasteiger partial charge on any atom is 0.233 e. The summed E-state index contributed by atoms with van der Waals surface area (Å²) in [6.45, 7) is 0.420. The van der Waals surface area contributed by atoms with Gasteiger partial charge in [-0.25, -0.2) is 8.42 Å². The third kappa shape index (κ3) is 3.89. The Hall–Kier alpha value is -0.740. The summed E-state index contributed by atoms with van der Waals surface area (Å²) < 4.78 is 28.3. The second-order valence-corrected chi connectivity index (χ2v) is 7.77. The number of benzene rings is 1. The van der Waals surface area contributed by atoms with Crippen LogP contribution in [0.2, 0.25) is 0 Å². The molecule has 18 heavy (non-hydrogen) atoms. The molecule has 0 heterocycles. The summed E-state index contributed by atoms with van der Waals surface area (Å²) in [7, 11) is 1.92. The van der Waals surface area contributed by atoms with E-state index in [1.54, 1.807) is 0 Å². The van der Waals surface area contributed by atoms with Crippen LogP contribution < -0.4 is 4.74 Å². The SMILES string of the molecule is O=S(=O)(Cl)CC1(COc2ccccc2)CCCC1. The van der Waals surface area contributed by atoms with Crippen molar-refractivity contribution in [2.24, 2.45) is 5.41 Å². The van der Waals surface area contributed by atoms with E-state index < -0.39 is 9.05 Å². The lowest BCUT2D eigenvalue weighted by Crippen LogP contribution is -2.32. The van der Waals surface area contributed by atoms with E-state index in [0.29, 0.717) is 6.61 Å². The fourth-order valence-electron chi connectivity index (χ4n) is 2.57. The van der Waals surface area contributed by atoms with E-state index in [1.165, 1.54) is 0 Å². The summed E-state index contributed by atoms with van der Waals surface area (Å²) in [5.41, 5.74) is -0.309. The number of ether oxygens (including phenoxy) is 1. The highest BCUT2D eigenvalue weighted by atomic mass is 35.7. The van der Waals surface area contributed by atoms with E-state index in [0.717, 1.165) is 31.4 Å². The quantitative estimate of drug-likeness (QED) is 0.782. The van der Waals surface area contributed by atoms with Gasteiger partial charge in [-0.3, -0.25) is 0 Å². The molecule has 0 unspecified atom stereocenters. The fourth-order valence-corrected chi connectivity index (χ4v) is 4.37. The van der Waals surface area contributed by atoms with Crippen LogP contribution in [0.5, 0.6) is 5.75 Å². The largest absolute Gasteiger partial charge is 0.493 e. The first-order valence-corrected chi connectivity index (χ1v) is 8.57. The van der Waals surface area contributed by atoms with Crippen LogP contribution in [-0.4, -0.2) is 20.8 Å². The van der Waals surface area contributed by atoms with Crippen molar-refractivity contribution in [2.45, 2.75) is 25.7 Å². The predicted octanol–water partition coefficient (Wildman–Crippen LogP) is 3.19. The van der Waals surface area contributed by atoms with E-state index >= 15 is 0 Å². The first-order valence-electron chi connectivity index (χ1n) is 6.09. The van der Waals surface area contributed by atoms with Gasteiger partial charge in [0.2, 0.25) is 9.05 Å². The van der Waals surface area contributed by atoms with Crippen LogP contribution in [0.1, 0.15) is 25.7 Å². The maximum atomic E-state index is 11.3. The van der Waals surface area contributed by atoms with Crippen LogP contribution in [0.25, 0.3) is 0 Å². The Labute approximate surface area is 113 Å². The van der Waals surface area contributed by atoms with Crippen LogP contribution in [0.15, 0.2) is 30.3 Å². The molecule has 0 aliphatic heterocycles. The average Bonchev–Trinajstić information content (AvgIpc) is 2.75. The Kier molecular flexibility index (Phi) is 4.17. The summed E-state index contributed by atoms with van der Waals surface area (Å²) in [4.78, 5) is 0. The van der Waals surface area contributed by atoms with Gasteiger partial charge in [-0.15, -0.1) is 0 Å². The molecule has 0 spiro atoms. The molecule has 0 N–H and O–H groups in total. The summed E-state index contributed by atoms with van der Waals surface area (Å²) in [5, 5.41) is 0. The molecule has 0 bridgehead atoms. The Morgan fingerprint density at radius 1 is 1.17 bits per heavy atom. The van der Waals surface area contributed by atoms with Gasteiger partial charge in [0.25, 0.3) is 0 Å². The van der Waals surface area contributed by atoms with Crippen molar-refractivity contribution in [2.75, 3.05) is 12.4 Å². The highest BCUT2D eigenvalue weighted by Gasteiger charge is 2.38. The van der Waals surface area contributed by atoms with E-state index in [1.807, 2.05) is 30.3 Å². The zero-order valence-corrected chi connectivity index (χ0v) is 11.7. The molecule has 0 radical (unpaired) electrons. The van der Waals surface area contributed by atoms with Crippen LogP contribution in [0.3, 0.4) is 0 Å². The van der Waals surface area contributed by atoms with Gasteiger partial charge in [-0.1, -0.05) is 31.0 Å². The Morgan fingerprint density at radius 3 is 2.33 bits per heavy atom. The van der Waals surface area contributed by atoms with Crippen molar-refractivity contribution >= 4 is 19.7 Å². The van der Waals surface area contributed by atoms with Crippen LogP contribution >= 0.6 is 10.7 Å². The minimum absolute atomic E-state index is 0.00832. The molecular weight excluding hydrogens is 272 g/mol. The third-order valence-corrected chi connectivity index (χ3v) is 4.72. The zero-order chi connectivity index (χ0) is 13.1. The summed E-state index contributed by atoms with van der Waals surface area (Å²) >= 11 is 0. The molecule has 0 saturated heterocycles. The molecule has 0 atom stereocenters. The van der Waals surface area contributed by atoms with Gasteiger partial charge in [0.1, 0.15) is 5.75 Å². The molecule has 5 heteroatoms. The van der Waals surface area contributed by atoms with Crippen LogP contribution in [-0.2, 0) is 9.05 Å². The van der Waals surface area contributed by atoms with Crippen molar-refractivity contribution in [3.63, 3.8) is 0 Å². The van der Waals surface area contributed by atoms with Gasteiger partial charge in [-0.2, -0.15) is 0 Å². The zero-order valence-electron chi connectivity index (χ0n) is 10.1. The lowest BCUT2D eigenvalue weighted by atomic mass is 9.90. The first-order chi connectivity index (χ1) is 8.49. The molecule has 1 aliphatic rings. The molecule has 1 saturated carbocycles. The first kappa shape index (κ1) is 13.7. The average molecular weight is 289 g/mol. The molecule has 1 aromatic carbocycles. The second-order valence-electron chi connectivity index (χ2n) is 4.99. The lowest BCUT2D eigenvalue weighted by Gasteiger charge is -2.27. The minimum Gasteiger partial charge on any atom is -0.493 e. The number of rotatable bonds is 5. The Bertz CT molecular complexity index is 478. The number of halogens is 1. The fraction of sp³-hybridized carbons (Fsp3) is 0.538. The maximum absolute atomic E-state index is 11.3. The summed E-state index contributed by atoms with van der Waals surface area (Å²) in [6.07, 6.45) is 3.83. The van der Waals surface area contributed by atoms with Crippen molar-refractivity contribution in [1.29, 1.82) is 0 Å². The Morgan fingerprint density at radius 2 is 1.78 bits per heavy atom. The minimum atomic E-state index is -3.48. The number of hydrogen-bond acceptors (Lipinski definition) is 3. The van der Waals surface area contributed by atoms with Crippen molar-refractivity contribution in [3.05, 3.63) is 30.3 Å². The molecule has 1 aromatic rings. The van der Waals surface area contributed by atoms with Crippen LogP contribution in [0, 0.1) is 5.41 Å². The third-order valence-electron chi connectivity index (χ3n) is 3.43. The summed E-state index contributed by atoms with van der Waals surface area (Å²) in [6, 6.07) is 9.46. The van der Waals surface area contributed by atoms with Gasteiger partial charge >= 0.3 is 0 Å². The van der Waals surface area contributed by atoms with Gasteiger partial charge in [0.15, 0.2) is 0 Å². The normalized spacial score (nSPS) is 18.7. The highest BCUT2D eigenvalue weighted by Crippen LogP contribution is 2.40. The van der Waals surface area contributed by atoms with Gasteiger partial charge < -0.3 is 4.74 Å². The molecule has 100 valence electrons. The molecule has 0 amide bonds. The van der Waals surface area contributed by atoms with Crippen LogP contribution in [0.4, 0.5) is 0 Å². The van der Waals surface area contributed by atoms with Gasteiger partial charge in [-0.05, 0) is 25.0 Å². The molecule has 3 nitrogen and oxygen atoms in total. The highest BCUT2D eigenvalue weighted by molar-refractivity contribution is 8.13. The van der Waals surface area contributed by atoms with Crippen molar-refractivity contribution in [3.8, 4) is 5.75 Å². The summed E-state index contributed by atoms with van der Waals surface area (Å²) in [5.74, 6) is 0.782. The van der Waals surface area contributed by atoms with E-state index in [2.05, 4.69) is 0 Å². The van der Waals surface area contributed by atoms with Gasteiger partial charge in [0.05, 0.1) is 12.4 Å². The predicted molar refractivity (Wildman–Crippen MR) is 72.5 cm³/mol. The molecular formula is C13H17ClO3S. The molecule has 2 rings (SSSR count). The monoisotopic (exact) mass is 288 g/mol. The second kappa shape index (κ2) is 5.49. The molecule has 0 aromatic heterocycles.